The molecule has 0 bridgehead atoms. The first-order chi connectivity index (χ1) is 10.4. The summed E-state index contributed by atoms with van der Waals surface area (Å²) >= 11 is 0. The number of hydrogen-bond acceptors (Lipinski definition) is 9. The lowest BCUT2D eigenvalue weighted by Crippen LogP contribution is -2.34. The van der Waals surface area contributed by atoms with E-state index in [1.165, 1.54) is 12.2 Å². The van der Waals surface area contributed by atoms with Crippen LogP contribution in [0, 0.1) is 0 Å². The highest BCUT2D eigenvalue weighted by atomic mass is 28.4. The lowest BCUT2D eigenvalue weighted by Gasteiger charge is -2.10. The van der Waals surface area contributed by atoms with Gasteiger partial charge in [-0.1, -0.05) is 25.3 Å². The normalized spacial score (nSPS) is 10.9. The zero-order chi connectivity index (χ0) is 16.4. The van der Waals surface area contributed by atoms with E-state index < -0.39 is 8.80 Å². The van der Waals surface area contributed by atoms with Crippen LogP contribution in [0.25, 0.3) is 0 Å². The molecule has 0 aliphatic heterocycles. The van der Waals surface area contributed by atoms with Crippen LogP contribution in [-0.4, -0.2) is 58.0 Å². The topological polar surface area (TPSA) is 127 Å². The number of aromatic nitrogens is 3. The number of rotatable bonds is 11. The fourth-order valence-electron chi connectivity index (χ4n) is 1.25. The molecule has 0 radical (unpaired) electrons. The third-order valence-corrected chi connectivity index (χ3v) is 3.15. The summed E-state index contributed by atoms with van der Waals surface area (Å²) in [4.78, 5) is 38.4. The molecule has 1 aromatic heterocycles. The van der Waals surface area contributed by atoms with E-state index in [1.54, 1.807) is 0 Å². The van der Waals surface area contributed by atoms with Crippen LogP contribution in [0.3, 0.4) is 0 Å². The van der Waals surface area contributed by atoms with Gasteiger partial charge in [0, 0.05) is 6.04 Å². The molecular weight excluding hydrogens is 310 g/mol. The van der Waals surface area contributed by atoms with Crippen molar-refractivity contribution >= 4 is 8.80 Å². The summed E-state index contributed by atoms with van der Waals surface area (Å²) in [7, 11) is -4.06. The molecule has 10 heteroatoms. The molecule has 9 nitrogen and oxygen atoms in total. The molecule has 22 heavy (non-hydrogen) atoms. The van der Waals surface area contributed by atoms with Crippen molar-refractivity contribution in [2.75, 3.05) is 19.8 Å². The molecular formula is C12H19N3O6Si. The Balaban J connectivity index is 2.65. The fourth-order valence-corrected chi connectivity index (χ4v) is 1.87. The van der Waals surface area contributed by atoms with Crippen LogP contribution in [-0.2, 0) is 0 Å². The van der Waals surface area contributed by atoms with Gasteiger partial charge < -0.3 is 28.6 Å². The molecule has 0 aliphatic carbocycles. The monoisotopic (exact) mass is 329 g/mol. The van der Waals surface area contributed by atoms with Crippen molar-refractivity contribution in [2.45, 2.75) is 12.5 Å². The standard InChI is InChI=1S/C12H19N3O6Si/c1-3-6-19-10-13-11(20-7-4-2)15-12(14-10)21-8-5-9-22(16,17)18/h3-4,16-18H,1-2,5-9H2. The second-order valence-electron chi connectivity index (χ2n) is 4.11. The van der Waals surface area contributed by atoms with Gasteiger partial charge in [-0.05, 0) is 6.42 Å². The van der Waals surface area contributed by atoms with Gasteiger partial charge >= 0.3 is 26.8 Å². The van der Waals surface area contributed by atoms with Gasteiger partial charge in [-0.25, -0.2) is 0 Å². The van der Waals surface area contributed by atoms with Crippen LogP contribution in [0.2, 0.25) is 6.04 Å². The Morgan fingerprint density at radius 1 is 0.864 bits per heavy atom. The Labute approximate surface area is 128 Å². The van der Waals surface area contributed by atoms with Gasteiger partial charge in [0.15, 0.2) is 0 Å². The molecule has 122 valence electrons. The Kier molecular flexibility index (Phi) is 7.46. The molecule has 1 aromatic rings. The highest BCUT2D eigenvalue weighted by molar-refractivity contribution is 6.56. The lowest BCUT2D eigenvalue weighted by atomic mass is 10.5. The highest BCUT2D eigenvalue weighted by Crippen LogP contribution is 2.15. The molecule has 0 spiro atoms. The largest absolute Gasteiger partial charge is 0.492 e. The molecule has 0 aromatic carbocycles. The van der Waals surface area contributed by atoms with Crippen molar-refractivity contribution in [1.82, 2.24) is 15.0 Å². The molecule has 0 amide bonds. The van der Waals surface area contributed by atoms with E-state index in [0.29, 0.717) is 0 Å². The van der Waals surface area contributed by atoms with Crippen LogP contribution in [0.5, 0.6) is 18.0 Å². The highest BCUT2D eigenvalue weighted by Gasteiger charge is 2.25. The molecule has 0 aliphatic rings. The Morgan fingerprint density at radius 3 is 1.73 bits per heavy atom. The number of ether oxygens (including phenoxy) is 3. The first kappa shape index (κ1) is 18.0. The maximum atomic E-state index is 8.89. The molecule has 1 heterocycles. The first-order valence-corrected chi connectivity index (χ1v) is 8.53. The Bertz CT molecular complexity index is 464. The minimum atomic E-state index is -4.06. The number of hydrogen-bond donors (Lipinski definition) is 3. The quantitative estimate of drug-likeness (QED) is 0.284. The van der Waals surface area contributed by atoms with Crippen molar-refractivity contribution in [2.24, 2.45) is 0 Å². The second-order valence-corrected chi connectivity index (χ2v) is 6.16. The predicted octanol–water partition coefficient (Wildman–Crippen LogP) is -0.314. The number of nitrogens with zero attached hydrogens (tertiary/aromatic N) is 3. The van der Waals surface area contributed by atoms with Crippen molar-refractivity contribution in [3.05, 3.63) is 25.3 Å². The molecule has 0 unspecified atom stereocenters. The summed E-state index contributed by atoms with van der Waals surface area (Å²) in [5.74, 6) is 0. The molecule has 0 atom stereocenters. The summed E-state index contributed by atoms with van der Waals surface area (Å²) in [6, 6.07) is -0.148. The van der Waals surface area contributed by atoms with Crippen LogP contribution in [0.4, 0.5) is 0 Å². The summed E-state index contributed by atoms with van der Waals surface area (Å²) in [5, 5.41) is 0. The van der Waals surface area contributed by atoms with Crippen molar-refractivity contribution in [3.63, 3.8) is 0 Å². The third-order valence-electron chi connectivity index (χ3n) is 2.12. The van der Waals surface area contributed by atoms with Gasteiger partial charge in [0.05, 0.1) is 6.61 Å². The van der Waals surface area contributed by atoms with Gasteiger partial charge in [0.25, 0.3) is 0 Å². The SMILES string of the molecule is C=CCOc1nc(OCC=C)nc(OCCC[Si](O)(O)O)n1. The molecule has 1 rings (SSSR count). The van der Waals surface area contributed by atoms with E-state index in [2.05, 4.69) is 28.1 Å². The maximum Gasteiger partial charge on any atom is 0.492 e. The Morgan fingerprint density at radius 2 is 1.32 bits per heavy atom. The van der Waals surface area contributed by atoms with E-state index in [0.717, 1.165) is 0 Å². The van der Waals surface area contributed by atoms with E-state index in [4.69, 9.17) is 28.6 Å². The average molecular weight is 329 g/mol. The van der Waals surface area contributed by atoms with Crippen LogP contribution >= 0.6 is 0 Å². The van der Waals surface area contributed by atoms with Crippen molar-refractivity contribution in [3.8, 4) is 18.0 Å². The molecule has 0 fully saturated rings. The fraction of sp³-hybridized carbons (Fsp3) is 0.417. The van der Waals surface area contributed by atoms with Crippen molar-refractivity contribution < 1.29 is 28.6 Å². The van der Waals surface area contributed by atoms with Gasteiger partial charge in [-0.15, -0.1) is 15.0 Å². The molecule has 0 saturated heterocycles. The summed E-state index contributed by atoms with van der Waals surface area (Å²) in [6.07, 6.45) is 3.29. The van der Waals surface area contributed by atoms with Gasteiger partial charge in [0.2, 0.25) is 0 Å². The second kappa shape index (κ2) is 9.10. The predicted molar refractivity (Wildman–Crippen MR) is 78.5 cm³/mol. The third kappa shape index (κ3) is 7.69. The van der Waals surface area contributed by atoms with Gasteiger partial charge in [-0.2, -0.15) is 0 Å². The summed E-state index contributed by atoms with van der Waals surface area (Å²) in [6.45, 7) is 7.53. The molecule has 0 saturated carbocycles. The summed E-state index contributed by atoms with van der Waals surface area (Å²) in [5.41, 5.74) is 0. The zero-order valence-electron chi connectivity index (χ0n) is 12.0. The summed E-state index contributed by atoms with van der Waals surface area (Å²) < 4.78 is 15.7. The van der Waals surface area contributed by atoms with Crippen LogP contribution < -0.4 is 14.2 Å². The van der Waals surface area contributed by atoms with E-state index in [-0.39, 0.29) is 50.3 Å². The average Bonchev–Trinajstić information content (AvgIpc) is 2.46. The minimum absolute atomic E-state index is 0.0131. The molecule has 3 N–H and O–H groups in total. The zero-order valence-corrected chi connectivity index (χ0v) is 13.0. The minimum Gasteiger partial charge on any atom is -0.463 e. The lowest BCUT2D eigenvalue weighted by molar-refractivity contribution is 0.214. The van der Waals surface area contributed by atoms with Crippen LogP contribution in [0.1, 0.15) is 6.42 Å². The smallest absolute Gasteiger partial charge is 0.463 e. The van der Waals surface area contributed by atoms with Crippen LogP contribution in [0.15, 0.2) is 25.3 Å². The first-order valence-electron chi connectivity index (χ1n) is 6.48. The van der Waals surface area contributed by atoms with E-state index in [9.17, 15) is 0 Å². The van der Waals surface area contributed by atoms with Crippen molar-refractivity contribution in [1.29, 1.82) is 0 Å². The van der Waals surface area contributed by atoms with E-state index >= 15 is 0 Å². The maximum absolute atomic E-state index is 8.89. The van der Waals surface area contributed by atoms with Gasteiger partial charge in [-0.3, -0.25) is 0 Å². The van der Waals surface area contributed by atoms with E-state index in [1.807, 2.05) is 0 Å². The Hall–Kier alpha value is -2.01. The van der Waals surface area contributed by atoms with Gasteiger partial charge in [0.1, 0.15) is 13.2 Å².